The van der Waals surface area contributed by atoms with Gasteiger partial charge in [-0.3, -0.25) is 0 Å². The number of halogens is 1. The van der Waals surface area contributed by atoms with Crippen LogP contribution in [0.5, 0.6) is 5.75 Å². The Bertz CT molecular complexity index is 1350. The summed E-state index contributed by atoms with van der Waals surface area (Å²) < 4.78 is 6.25. The molecule has 1 aromatic heterocycles. The van der Waals surface area contributed by atoms with Gasteiger partial charge in [-0.05, 0) is 95.1 Å². The fourth-order valence-electron chi connectivity index (χ4n) is 4.77. The van der Waals surface area contributed by atoms with Gasteiger partial charge in [0.2, 0.25) is 5.95 Å². The molecule has 0 spiro atoms. The Kier molecular flexibility index (Phi) is 9.60. The number of para-hydroxylation sites is 1. The summed E-state index contributed by atoms with van der Waals surface area (Å²) in [5.41, 5.74) is 4.33. The molecule has 206 valence electrons. The molecule has 1 aliphatic rings. The van der Waals surface area contributed by atoms with E-state index in [-0.39, 0.29) is 22.8 Å². The largest absolute Gasteiger partial charge is 0.489 e. The van der Waals surface area contributed by atoms with Crippen LogP contribution in [0.3, 0.4) is 0 Å². The van der Waals surface area contributed by atoms with Gasteiger partial charge in [-0.15, -0.1) is 11.8 Å². The molecule has 0 atom stereocenters. The number of aromatic nitrogens is 2. The SMILES string of the molecule is Cc1cc(Nc2nc(Cl)c(C#N)c(Nc3ccccc3SC(C)C)n2)c(OC(C)C)cc1C1CCN(C)CC1. The second-order valence-corrected chi connectivity index (χ2v) is 12.5. The van der Waals surface area contributed by atoms with Crippen LogP contribution in [0.15, 0.2) is 41.3 Å². The highest BCUT2D eigenvalue weighted by Gasteiger charge is 2.23. The number of ether oxygens (including phenoxy) is 1. The maximum absolute atomic E-state index is 9.82. The molecular formula is C30H37ClN6OS. The Morgan fingerprint density at radius 1 is 1.08 bits per heavy atom. The first kappa shape index (κ1) is 29.0. The van der Waals surface area contributed by atoms with Gasteiger partial charge >= 0.3 is 0 Å². The lowest BCUT2D eigenvalue weighted by molar-refractivity contribution is 0.241. The summed E-state index contributed by atoms with van der Waals surface area (Å²) in [6.45, 7) is 12.6. The predicted octanol–water partition coefficient (Wildman–Crippen LogP) is 7.89. The van der Waals surface area contributed by atoms with E-state index in [0.29, 0.717) is 17.0 Å². The van der Waals surface area contributed by atoms with Gasteiger partial charge in [0, 0.05) is 10.1 Å². The van der Waals surface area contributed by atoms with Gasteiger partial charge < -0.3 is 20.3 Å². The number of nitrogens with one attached hydrogen (secondary N) is 2. The molecule has 0 unspecified atom stereocenters. The number of rotatable bonds is 9. The van der Waals surface area contributed by atoms with E-state index in [9.17, 15) is 5.26 Å². The highest BCUT2D eigenvalue weighted by Crippen LogP contribution is 2.39. The average molecular weight is 565 g/mol. The topological polar surface area (TPSA) is 86.1 Å². The first-order chi connectivity index (χ1) is 18.6. The zero-order valence-electron chi connectivity index (χ0n) is 23.5. The number of hydrogen-bond donors (Lipinski definition) is 2. The molecule has 2 N–H and O–H groups in total. The van der Waals surface area contributed by atoms with E-state index in [1.165, 1.54) is 11.1 Å². The quantitative estimate of drug-likeness (QED) is 0.200. The number of thioether (sulfide) groups is 1. The molecule has 7 nitrogen and oxygen atoms in total. The molecule has 4 rings (SSSR count). The normalized spacial score (nSPS) is 14.5. The molecular weight excluding hydrogens is 528 g/mol. The van der Waals surface area contributed by atoms with Gasteiger partial charge in [0.05, 0.1) is 17.5 Å². The molecule has 1 saturated heterocycles. The Hall–Kier alpha value is -2.99. The minimum atomic E-state index is -0.00347. The van der Waals surface area contributed by atoms with Crippen LogP contribution in [0.2, 0.25) is 5.15 Å². The highest BCUT2D eigenvalue weighted by molar-refractivity contribution is 8.00. The lowest BCUT2D eigenvalue weighted by Gasteiger charge is -2.30. The number of anilines is 4. The number of aryl methyl sites for hydroxylation is 1. The number of likely N-dealkylation sites (tertiary alicyclic amines) is 1. The third kappa shape index (κ3) is 7.36. The van der Waals surface area contributed by atoms with E-state index in [4.69, 9.17) is 16.3 Å². The van der Waals surface area contributed by atoms with Crippen molar-refractivity contribution in [2.75, 3.05) is 30.8 Å². The standard InChI is InChI=1S/C30H37ClN6OS/c1-18(2)38-26-16-22(21-11-13-37(6)14-12-21)20(5)15-25(26)34-30-35-28(31)23(17-32)29(36-30)33-24-9-7-8-10-27(24)39-19(3)4/h7-10,15-16,18-19,21H,11-14H2,1-6H3,(H2,33,34,35,36). The van der Waals surface area contributed by atoms with Crippen LogP contribution < -0.4 is 15.4 Å². The molecule has 2 heterocycles. The summed E-state index contributed by atoms with van der Waals surface area (Å²) >= 11 is 8.23. The van der Waals surface area contributed by atoms with Crippen molar-refractivity contribution in [2.24, 2.45) is 0 Å². The molecule has 0 amide bonds. The van der Waals surface area contributed by atoms with Crippen LogP contribution in [0, 0.1) is 18.3 Å². The van der Waals surface area contributed by atoms with Crippen LogP contribution >= 0.6 is 23.4 Å². The van der Waals surface area contributed by atoms with Crippen molar-refractivity contribution >= 4 is 46.5 Å². The van der Waals surface area contributed by atoms with E-state index < -0.39 is 0 Å². The maximum Gasteiger partial charge on any atom is 0.230 e. The van der Waals surface area contributed by atoms with Crippen molar-refractivity contribution in [3.8, 4) is 11.8 Å². The Morgan fingerprint density at radius 3 is 2.46 bits per heavy atom. The molecule has 3 aromatic rings. The van der Waals surface area contributed by atoms with Crippen molar-refractivity contribution in [2.45, 2.75) is 69.6 Å². The van der Waals surface area contributed by atoms with Gasteiger partial charge in [-0.1, -0.05) is 37.6 Å². The molecule has 9 heteroatoms. The van der Waals surface area contributed by atoms with Crippen LogP contribution in [0.25, 0.3) is 0 Å². The van der Waals surface area contributed by atoms with Crippen molar-refractivity contribution < 1.29 is 4.74 Å². The van der Waals surface area contributed by atoms with Gasteiger partial charge in [0.15, 0.2) is 11.0 Å². The summed E-state index contributed by atoms with van der Waals surface area (Å²) in [6, 6.07) is 14.4. The zero-order chi connectivity index (χ0) is 28.1. The summed E-state index contributed by atoms with van der Waals surface area (Å²) in [5, 5.41) is 16.9. The van der Waals surface area contributed by atoms with Gasteiger partial charge in [-0.25, -0.2) is 0 Å². The Labute approximate surface area is 241 Å². The van der Waals surface area contributed by atoms with Gasteiger partial charge in [-0.2, -0.15) is 15.2 Å². The molecule has 1 aliphatic heterocycles. The lowest BCUT2D eigenvalue weighted by atomic mass is 9.86. The minimum absolute atomic E-state index is 0.00347. The third-order valence-electron chi connectivity index (χ3n) is 6.62. The molecule has 2 aromatic carbocycles. The van der Waals surface area contributed by atoms with E-state index in [1.807, 2.05) is 38.1 Å². The summed E-state index contributed by atoms with van der Waals surface area (Å²) in [5.74, 6) is 1.89. The van der Waals surface area contributed by atoms with Crippen molar-refractivity contribution in [1.82, 2.24) is 14.9 Å². The number of piperidine rings is 1. The monoisotopic (exact) mass is 564 g/mol. The molecule has 0 aliphatic carbocycles. The minimum Gasteiger partial charge on any atom is -0.489 e. The van der Waals surface area contributed by atoms with Crippen LogP contribution in [-0.2, 0) is 0 Å². The van der Waals surface area contributed by atoms with Crippen molar-refractivity contribution in [3.05, 3.63) is 58.2 Å². The van der Waals surface area contributed by atoms with Crippen LogP contribution in [0.4, 0.5) is 23.1 Å². The average Bonchev–Trinajstić information content (AvgIpc) is 2.87. The second-order valence-electron chi connectivity index (χ2n) is 10.5. The predicted molar refractivity (Wildman–Crippen MR) is 162 cm³/mol. The first-order valence-electron chi connectivity index (χ1n) is 13.4. The molecule has 0 radical (unpaired) electrons. The molecule has 0 bridgehead atoms. The van der Waals surface area contributed by atoms with Crippen LogP contribution in [-0.4, -0.2) is 46.4 Å². The summed E-state index contributed by atoms with van der Waals surface area (Å²) in [4.78, 5) is 12.5. The third-order valence-corrected chi connectivity index (χ3v) is 7.97. The summed E-state index contributed by atoms with van der Waals surface area (Å²) in [7, 11) is 2.18. The van der Waals surface area contributed by atoms with Crippen molar-refractivity contribution in [1.29, 1.82) is 5.26 Å². The number of hydrogen-bond acceptors (Lipinski definition) is 8. The fraction of sp³-hybridized carbons (Fsp3) is 0.433. The van der Waals surface area contributed by atoms with E-state index in [0.717, 1.165) is 48.0 Å². The number of nitriles is 1. The summed E-state index contributed by atoms with van der Waals surface area (Å²) in [6.07, 6.45) is 2.26. The Morgan fingerprint density at radius 2 is 1.79 bits per heavy atom. The molecule has 39 heavy (non-hydrogen) atoms. The lowest BCUT2D eigenvalue weighted by Crippen LogP contribution is -2.29. The van der Waals surface area contributed by atoms with Gasteiger partial charge in [0.1, 0.15) is 17.4 Å². The maximum atomic E-state index is 9.82. The zero-order valence-corrected chi connectivity index (χ0v) is 25.1. The molecule has 1 fully saturated rings. The number of nitrogens with zero attached hydrogens (tertiary/aromatic N) is 4. The van der Waals surface area contributed by atoms with Gasteiger partial charge in [0.25, 0.3) is 0 Å². The van der Waals surface area contributed by atoms with Crippen molar-refractivity contribution in [3.63, 3.8) is 0 Å². The fourth-order valence-corrected chi connectivity index (χ4v) is 5.89. The first-order valence-corrected chi connectivity index (χ1v) is 14.7. The van der Waals surface area contributed by atoms with E-state index >= 15 is 0 Å². The molecule has 0 saturated carbocycles. The van der Waals surface area contributed by atoms with E-state index in [1.54, 1.807) is 11.8 Å². The number of benzene rings is 2. The van der Waals surface area contributed by atoms with Crippen LogP contribution in [0.1, 0.15) is 63.1 Å². The Balaban J connectivity index is 1.69. The van der Waals surface area contributed by atoms with E-state index in [2.05, 4.69) is 71.5 Å². The highest BCUT2D eigenvalue weighted by atomic mass is 35.5. The second kappa shape index (κ2) is 12.9. The smallest absolute Gasteiger partial charge is 0.230 e.